The molecule has 0 aromatic heterocycles. The highest BCUT2D eigenvalue weighted by atomic mass is 35.5. The van der Waals surface area contributed by atoms with Crippen LogP contribution in [0.25, 0.3) is 0 Å². The number of ether oxygens (including phenoxy) is 1. The lowest BCUT2D eigenvalue weighted by Gasteiger charge is -2.19. The van der Waals surface area contributed by atoms with E-state index in [1.54, 1.807) is 0 Å². The van der Waals surface area contributed by atoms with Gasteiger partial charge >= 0.3 is 0 Å². The summed E-state index contributed by atoms with van der Waals surface area (Å²) in [6, 6.07) is 10.2. The molecule has 1 rings (SSSR count). The molecule has 0 heterocycles. The normalized spacial score (nSPS) is 13.8. The SMILES string of the molecule is CC(C)(C)OCCCC(Cl)c1ccccc1. The van der Waals surface area contributed by atoms with Gasteiger partial charge in [0.05, 0.1) is 11.0 Å². The maximum absolute atomic E-state index is 6.30. The molecule has 0 bridgehead atoms. The van der Waals surface area contributed by atoms with Crippen molar-refractivity contribution in [3.8, 4) is 0 Å². The lowest BCUT2D eigenvalue weighted by molar-refractivity contribution is -0.00462. The van der Waals surface area contributed by atoms with Gasteiger partial charge in [-0.15, -0.1) is 11.6 Å². The molecule has 1 atom stereocenters. The van der Waals surface area contributed by atoms with Crippen LogP contribution in [0.4, 0.5) is 0 Å². The number of hydrogen-bond donors (Lipinski definition) is 0. The van der Waals surface area contributed by atoms with Crippen LogP contribution in [0, 0.1) is 0 Å². The third kappa shape index (κ3) is 5.53. The average molecular weight is 241 g/mol. The van der Waals surface area contributed by atoms with Gasteiger partial charge < -0.3 is 4.74 Å². The Morgan fingerprint density at radius 2 is 1.81 bits per heavy atom. The Hall–Kier alpha value is -0.530. The fourth-order valence-electron chi connectivity index (χ4n) is 1.47. The van der Waals surface area contributed by atoms with Gasteiger partial charge in [0.2, 0.25) is 0 Å². The number of alkyl halides is 1. The van der Waals surface area contributed by atoms with Crippen LogP contribution in [0.3, 0.4) is 0 Å². The Labute approximate surface area is 104 Å². The van der Waals surface area contributed by atoms with Gasteiger partial charge in [-0.05, 0) is 39.2 Å². The first-order chi connectivity index (χ1) is 7.49. The van der Waals surface area contributed by atoms with E-state index >= 15 is 0 Å². The van der Waals surface area contributed by atoms with Gasteiger partial charge in [-0.2, -0.15) is 0 Å². The highest BCUT2D eigenvalue weighted by Gasteiger charge is 2.11. The molecule has 16 heavy (non-hydrogen) atoms. The van der Waals surface area contributed by atoms with E-state index in [9.17, 15) is 0 Å². The molecule has 0 fully saturated rings. The van der Waals surface area contributed by atoms with Crippen LogP contribution in [0.2, 0.25) is 0 Å². The van der Waals surface area contributed by atoms with Crippen LogP contribution >= 0.6 is 11.6 Å². The quantitative estimate of drug-likeness (QED) is 0.542. The van der Waals surface area contributed by atoms with Crippen LogP contribution in [0.5, 0.6) is 0 Å². The second-order valence-corrected chi connectivity index (χ2v) is 5.51. The van der Waals surface area contributed by atoms with Gasteiger partial charge in [0.15, 0.2) is 0 Å². The lowest BCUT2D eigenvalue weighted by atomic mass is 10.1. The van der Waals surface area contributed by atoms with E-state index in [0.717, 1.165) is 19.4 Å². The Kier molecular flexibility index (Phi) is 5.30. The first kappa shape index (κ1) is 13.5. The number of benzene rings is 1. The lowest BCUT2D eigenvalue weighted by Crippen LogP contribution is -2.19. The maximum Gasteiger partial charge on any atom is 0.0598 e. The summed E-state index contributed by atoms with van der Waals surface area (Å²) in [5, 5.41) is 0.102. The first-order valence-corrected chi connectivity index (χ1v) is 6.26. The second kappa shape index (κ2) is 6.27. The molecule has 0 aliphatic heterocycles. The number of halogens is 1. The highest BCUT2D eigenvalue weighted by Crippen LogP contribution is 2.25. The molecule has 0 N–H and O–H groups in total. The van der Waals surface area contributed by atoms with Gasteiger partial charge in [-0.3, -0.25) is 0 Å². The monoisotopic (exact) mass is 240 g/mol. The molecule has 1 aromatic carbocycles. The van der Waals surface area contributed by atoms with E-state index in [2.05, 4.69) is 32.9 Å². The van der Waals surface area contributed by atoms with Gasteiger partial charge in [-0.1, -0.05) is 30.3 Å². The van der Waals surface area contributed by atoms with Gasteiger partial charge in [0, 0.05) is 6.61 Å². The zero-order valence-corrected chi connectivity index (χ0v) is 11.1. The highest BCUT2D eigenvalue weighted by molar-refractivity contribution is 6.20. The molecule has 0 aliphatic rings. The minimum Gasteiger partial charge on any atom is -0.376 e. The maximum atomic E-state index is 6.30. The first-order valence-electron chi connectivity index (χ1n) is 5.82. The van der Waals surface area contributed by atoms with E-state index in [0.29, 0.717) is 0 Å². The van der Waals surface area contributed by atoms with Crippen molar-refractivity contribution in [1.82, 2.24) is 0 Å². The summed E-state index contributed by atoms with van der Waals surface area (Å²) < 4.78 is 5.66. The second-order valence-electron chi connectivity index (χ2n) is 4.98. The number of rotatable bonds is 5. The topological polar surface area (TPSA) is 9.23 Å². The van der Waals surface area contributed by atoms with E-state index < -0.39 is 0 Å². The Balaban J connectivity index is 2.24. The molecule has 90 valence electrons. The summed E-state index contributed by atoms with van der Waals surface area (Å²) in [5.41, 5.74) is 1.15. The molecule has 0 saturated carbocycles. The van der Waals surface area contributed by atoms with Gasteiger partial charge in [-0.25, -0.2) is 0 Å². The molecular formula is C14H21ClO. The van der Waals surface area contributed by atoms with Gasteiger partial charge in [0.25, 0.3) is 0 Å². The summed E-state index contributed by atoms with van der Waals surface area (Å²) in [6.07, 6.45) is 1.96. The van der Waals surface area contributed by atoms with Crippen molar-refractivity contribution in [3.05, 3.63) is 35.9 Å². The summed E-state index contributed by atoms with van der Waals surface area (Å²) >= 11 is 6.30. The minimum absolute atomic E-state index is 0.0471. The molecule has 1 unspecified atom stereocenters. The summed E-state index contributed by atoms with van der Waals surface area (Å²) in [6.45, 7) is 6.99. The van der Waals surface area contributed by atoms with Crippen LogP contribution in [-0.4, -0.2) is 12.2 Å². The molecule has 0 radical (unpaired) electrons. The van der Waals surface area contributed by atoms with Crippen molar-refractivity contribution in [2.24, 2.45) is 0 Å². The van der Waals surface area contributed by atoms with Crippen molar-refractivity contribution >= 4 is 11.6 Å². The molecule has 2 heteroatoms. The molecule has 0 spiro atoms. The summed E-state index contributed by atoms with van der Waals surface area (Å²) in [5.74, 6) is 0. The molecule has 0 aliphatic carbocycles. The van der Waals surface area contributed by atoms with Crippen molar-refractivity contribution in [2.75, 3.05) is 6.61 Å². The van der Waals surface area contributed by atoms with Crippen molar-refractivity contribution < 1.29 is 4.74 Å². The predicted molar refractivity (Wildman–Crippen MR) is 70.0 cm³/mol. The van der Waals surface area contributed by atoms with Crippen molar-refractivity contribution in [2.45, 2.75) is 44.6 Å². The third-order valence-corrected chi connectivity index (χ3v) is 2.77. The van der Waals surface area contributed by atoms with E-state index in [4.69, 9.17) is 16.3 Å². The van der Waals surface area contributed by atoms with Crippen LogP contribution in [0.15, 0.2) is 30.3 Å². The van der Waals surface area contributed by atoms with Crippen LogP contribution in [0.1, 0.15) is 44.6 Å². The average Bonchev–Trinajstić information content (AvgIpc) is 2.24. The largest absolute Gasteiger partial charge is 0.376 e. The van der Waals surface area contributed by atoms with E-state index in [1.807, 2.05) is 18.2 Å². The molecule has 0 saturated heterocycles. The number of hydrogen-bond acceptors (Lipinski definition) is 1. The van der Waals surface area contributed by atoms with Crippen molar-refractivity contribution in [3.63, 3.8) is 0 Å². The zero-order valence-electron chi connectivity index (χ0n) is 10.4. The zero-order chi connectivity index (χ0) is 12.0. The minimum atomic E-state index is -0.0471. The Morgan fingerprint density at radius 1 is 1.19 bits per heavy atom. The predicted octanol–water partition coefficient (Wildman–Crippen LogP) is 4.56. The summed E-state index contributed by atoms with van der Waals surface area (Å²) in [4.78, 5) is 0. The van der Waals surface area contributed by atoms with Crippen molar-refractivity contribution in [1.29, 1.82) is 0 Å². The molecule has 0 amide bonds. The Morgan fingerprint density at radius 3 is 2.38 bits per heavy atom. The fraction of sp³-hybridized carbons (Fsp3) is 0.571. The smallest absolute Gasteiger partial charge is 0.0598 e. The third-order valence-electron chi connectivity index (χ3n) is 2.30. The van der Waals surface area contributed by atoms with Gasteiger partial charge in [0.1, 0.15) is 0 Å². The standard InChI is InChI=1S/C14H21ClO/c1-14(2,3)16-11-7-10-13(15)12-8-5-4-6-9-12/h4-6,8-9,13H,7,10-11H2,1-3H3. The molecule has 1 nitrogen and oxygen atoms in total. The molecule has 1 aromatic rings. The van der Waals surface area contributed by atoms with Crippen LogP contribution < -0.4 is 0 Å². The Bertz CT molecular complexity index is 289. The van der Waals surface area contributed by atoms with E-state index in [1.165, 1.54) is 5.56 Å². The van der Waals surface area contributed by atoms with E-state index in [-0.39, 0.29) is 11.0 Å². The van der Waals surface area contributed by atoms with Crippen LogP contribution in [-0.2, 0) is 4.74 Å². The fourth-order valence-corrected chi connectivity index (χ4v) is 1.77. The molecular weight excluding hydrogens is 220 g/mol. The summed E-state index contributed by atoms with van der Waals surface area (Å²) in [7, 11) is 0.